The van der Waals surface area contributed by atoms with E-state index < -0.39 is 28.7 Å². The average molecular weight is 328 g/mol. The normalized spacial score (nSPS) is 14.6. The molecule has 0 spiro atoms. The molecule has 3 N–H and O–H groups in total. The van der Waals surface area contributed by atoms with E-state index in [-0.39, 0.29) is 5.92 Å². The molecule has 0 aliphatic rings. The van der Waals surface area contributed by atoms with E-state index in [9.17, 15) is 9.00 Å². The molecule has 0 aliphatic carbocycles. The van der Waals surface area contributed by atoms with Crippen LogP contribution in [0.25, 0.3) is 0 Å². The Kier molecular flexibility index (Phi) is 6.52. The molecule has 6 nitrogen and oxygen atoms in total. The maximum Gasteiger partial charge on any atom is 0.326 e. The topological polar surface area (TPSA) is 90.6 Å². The number of hydroxylamine groups is 1. The Morgan fingerprint density at radius 1 is 1.23 bits per heavy atom. The summed E-state index contributed by atoms with van der Waals surface area (Å²) in [6, 6.07) is 5.75. The molecule has 1 rings (SSSR count). The van der Waals surface area contributed by atoms with E-state index in [1.54, 1.807) is 45.0 Å². The fourth-order valence-corrected chi connectivity index (χ4v) is 2.19. The molecular formula is C15H24N2O4S. The zero-order valence-corrected chi connectivity index (χ0v) is 14.4. The Hall–Kier alpha value is -1.44. The molecule has 1 aromatic carbocycles. The van der Waals surface area contributed by atoms with Crippen LogP contribution in [-0.4, -0.2) is 21.8 Å². The van der Waals surface area contributed by atoms with Crippen molar-refractivity contribution in [3.05, 3.63) is 24.3 Å². The number of carbonyl (C=O) groups is 1. The van der Waals surface area contributed by atoms with E-state index in [4.69, 9.17) is 14.8 Å². The third-order valence-electron chi connectivity index (χ3n) is 2.65. The molecule has 1 aromatic rings. The minimum atomic E-state index is -1.74. The second-order valence-electron chi connectivity index (χ2n) is 6.26. The molecule has 0 aromatic heterocycles. The lowest BCUT2D eigenvalue weighted by Crippen LogP contribution is -2.44. The molecule has 0 heterocycles. The lowest BCUT2D eigenvalue weighted by Gasteiger charge is -2.25. The smallest absolute Gasteiger partial charge is 0.326 e. The summed E-state index contributed by atoms with van der Waals surface area (Å²) in [6.45, 7) is 9.05. The molecule has 0 amide bonds. The number of rotatable bonds is 6. The summed E-state index contributed by atoms with van der Waals surface area (Å²) in [4.78, 5) is 12.6. The molecular weight excluding hydrogens is 304 g/mol. The molecule has 2 unspecified atom stereocenters. The van der Waals surface area contributed by atoms with Crippen LogP contribution in [0.3, 0.4) is 0 Å². The highest BCUT2D eigenvalue weighted by atomic mass is 32.2. The third kappa shape index (κ3) is 6.13. The monoisotopic (exact) mass is 328 g/mol. The number of nitrogen functional groups attached to an aromatic ring is 1. The van der Waals surface area contributed by atoms with Crippen LogP contribution in [-0.2, 0) is 24.9 Å². The van der Waals surface area contributed by atoms with E-state index in [0.717, 1.165) is 0 Å². The van der Waals surface area contributed by atoms with Crippen molar-refractivity contribution in [3.63, 3.8) is 0 Å². The summed E-state index contributed by atoms with van der Waals surface area (Å²) in [6.07, 6.45) is 0. The zero-order valence-electron chi connectivity index (χ0n) is 13.6. The average Bonchev–Trinajstić information content (AvgIpc) is 2.36. The quantitative estimate of drug-likeness (QED) is 0.472. The van der Waals surface area contributed by atoms with E-state index in [2.05, 4.69) is 5.48 Å². The number of nitrogens with two attached hydrogens (primary N) is 1. The minimum Gasteiger partial charge on any atom is -0.459 e. The van der Waals surface area contributed by atoms with Gasteiger partial charge >= 0.3 is 5.97 Å². The van der Waals surface area contributed by atoms with Gasteiger partial charge in [0.05, 0.1) is 4.90 Å². The predicted octanol–water partition coefficient (Wildman–Crippen LogP) is 2.18. The Morgan fingerprint density at radius 3 is 2.23 bits per heavy atom. The maximum absolute atomic E-state index is 12.1. The van der Waals surface area contributed by atoms with Gasteiger partial charge in [0, 0.05) is 5.69 Å². The SMILES string of the molecule is CC(C)C(NOS(=O)c1ccc(N)cc1)C(=O)OC(C)(C)C. The largest absolute Gasteiger partial charge is 0.459 e. The first kappa shape index (κ1) is 18.6. The van der Waals surface area contributed by atoms with Gasteiger partial charge in [0.15, 0.2) is 0 Å². The molecule has 7 heteroatoms. The summed E-state index contributed by atoms with van der Waals surface area (Å²) in [7, 11) is 0. The highest BCUT2D eigenvalue weighted by Gasteiger charge is 2.28. The van der Waals surface area contributed by atoms with Crippen LogP contribution >= 0.6 is 0 Å². The van der Waals surface area contributed by atoms with Crippen molar-refractivity contribution in [2.24, 2.45) is 5.92 Å². The van der Waals surface area contributed by atoms with Crippen LogP contribution < -0.4 is 11.2 Å². The lowest BCUT2D eigenvalue weighted by atomic mass is 10.1. The second-order valence-corrected chi connectivity index (χ2v) is 7.37. The first-order chi connectivity index (χ1) is 10.1. The number of benzene rings is 1. The Labute approximate surface area is 134 Å². The summed E-state index contributed by atoms with van der Waals surface area (Å²) in [5.74, 6) is -0.532. The zero-order chi connectivity index (χ0) is 16.9. The van der Waals surface area contributed by atoms with Crippen LogP contribution in [0.2, 0.25) is 0 Å². The Morgan fingerprint density at radius 2 is 1.77 bits per heavy atom. The first-order valence-electron chi connectivity index (χ1n) is 7.03. The molecule has 0 bridgehead atoms. The van der Waals surface area contributed by atoms with E-state index in [0.29, 0.717) is 10.6 Å². The lowest BCUT2D eigenvalue weighted by molar-refractivity contribution is -0.161. The van der Waals surface area contributed by atoms with Crippen LogP contribution in [0.15, 0.2) is 29.2 Å². The minimum absolute atomic E-state index is 0.0849. The molecule has 22 heavy (non-hydrogen) atoms. The van der Waals surface area contributed by atoms with Gasteiger partial charge in [0.25, 0.3) is 0 Å². The number of ether oxygens (including phenoxy) is 1. The van der Waals surface area contributed by atoms with Crippen LogP contribution in [0, 0.1) is 5.92 Å². The van der Waals surface area contributed by atoms with Crippen molar-refractivity contribution in [2.45, 2.75) is 51.2 Å². The van der Waals surface area contributed by atoms with Crippen molar-refractivity contribution in [1.82, 2.24) is 5.48 Å². The highest BCUT2D eigenvalue weighted by molar-refractivity contribution is 7.80. The molecule has 0 saturated carbocycles. The highest BCUT2D eigenvalue weighted by Crippen LogP contribution is 2.14. The van der Waals surface area contributed by atoms with Gasteiger partial charge < -0.3 is 10.5 Å². The van der Waals surface area contributed by atoms with E-state index in [1.165, 1.54) is 0 Å². The van der Waals surface area contributed by atoms with Gasteiger partial charge in [0.2, 0.25) is 11.1 Å². The van der Waals surface area contributed by atoms with Crippen LogP contribution in [0.1, 0.15) is 34.6 Å². The fraction of sp³-hybridized carbons (Fsp3) is 0.533. The molecule has 0 radical (unpaired) electrons. The number of carbonyl (C=O) groups excluding carboxylic acids is 1. The Bertz CT molecular complexity index is 523. The van der Waals surface area contributed by atoms with Crippen molar-refractivity contribution in [1.29, 1.82) is 0 Å². The predicted molar refractivity (Wildman–Crippen MR) is 86.0 cm³/mol. The van der Waals surface area contributed by atoms with Gasteiger partial charge in [-0.1, -0.05) is 13.8 Å². The van der Waals surface area contributed by atoms with Crippen LogP contribution in [0.5, 0.6) is 0 Å². The number of anilines is 1. The van der Waals surface area contributed by atoms with Crippen LogP contribution in [0.4, 0.5) is 5.69 Å². The summed E-state index contributed by atoms with van der Waals surface area (Å²) in [5.41, 5.74) is 8.10. The first-order valence-corrected chi connectivity index (χ1v) is 8.10. The number of nitrogens with one attached hydrogen (secondary N) is 1. The van der Waals surface area contributed by atoms with E-state index >= 15 is 0 Å². The second kappa shape index (κ2) is 7.71. The Balaban J connectivity index is 2.66. The molecule has 0 saturated heterocycles. The fourth-order valence-electron chi connectivity index (χ4n) is 1.54. The van der Waals surface area contributed by atoms with Gasteiger partial charge in [0.1, 0.15) is 11.6 Å². The van der Waals surface area contributed by atoms with Gasteiger partial charge in [-0.25, -0.2) is 4.21 Å². The van der Waals surface area contributed by atoms with Gasteiger partial charge in [-0.05, 0) is 51.0 Å². The molecule has 2 atom stereocenters. The summed E-state index contributed by atoms with van der Waals surface area (Å²) in [5, 5.41) is 0. The van der Waals surface area contributed by atoms with Crippen molar-refractivity contribution in [2.75, 3.05) is 5.73 Å². The summed E-state index contributed by atoms with van der Waals surface area (Å²) < 4.78 is 22.4. The number of hydrogen-bond acceptors (Lipinski definition) is 6. The van der Waals surface area contributed by atoms with Gasteiger partial charge in [-0.15, -0.1) is 0 Å². The van der Waals surface area contributed by atoms with Gasteiger partial charge in [-0.2, -0.15) is 9.76 Å². The molecule has 0 aliphatic heterocycles. The maximum atomic E-state index is 12.1. The van der Waals surface area contributed by atoms with Crippen molar-refractivity contribution in [3.8, 4) is 0 Å². The van der Waals surface area contributed by atoms with Gasteiger partial charge in [-0.3, -0.25) is 4.79 Å². The number of hydrogen-bond donors (Lipinski definition) is 2. The third-order valence-corrected chi connectivity index (χ3v) is 3.56. The molecule has 0 fully saturated rings. The van der Waals surface area contributed by atoms with Crippen molar-refractivity contribution < 1.29 is 18.0 Å². The standard InChI is InChI=1S/C15H24N2O4S/c1-10(2)13(14(18)20-15(3,4)5)17-21-22(19)12-8-6-11(16)7-9-12/h6-10,13,17H,16H2,1-5H3. The van der Waals surface area contributed by atoms with Crippen molar-refractivity contribution >= 4 is 22.7 Å². The summed E-state index contributed by atoms with van der Waals surface area (Å²) >= 11 is -1.74. The van der Waals surface area contributed by atoms with E-state index in [1.807, 2.05) is 13.8 Å². The number of esters is 1. The molecule has 124 valence electrons.